The van der Waals surface area contributed by atoms with Gasteiger partial charge in [-0.25, -0.2) is 0 Å². The van der Waals surface area contributed by atoms with E-state index in [0.717, 1.165) is 24.8 Å². The highest BCUT2D eigenvalue weighted by molar-refractivity contribution is 5.85. The lowest BCUT2D eigenvalue weighted by Crippen LogP contribution is -2.42. The third-order valence-electron chi connectivity index (χ3n) is 5.43. The lowest BCUT2D eigenvalue weighted by atomic mass is 10.0. The fraction of sp³-hybridized carbons (Fsp3) is 0.545. The van der Waals surface area contributed by atoms with E-state index in [1.165, 1.54) is 0 Å². The molecule has 9 nitrogen and oxygen atoms in total. The Labute approximate surface area is 182 Å². The fourth-order valence-electron chi connectivity index (χ4n) is 3.84. The summed E-state index contributed by atoms with van der Waals surface area (Å²) in [4.78, 5) is 41.7. The summed E-state index contributed by atoms with van der Waals surface area (Å²) in [6.07, 6.45) is 3.73. The second kappa shape index (κ2) is 12.6. The Morgan fingerprint density at radius 1 is 1.16 bits per heavy atom. The standard InChI is InChI=1S/C22H33N5O4/c23-22(24)25-11-6-2-5-9-19(28)26-15-18-13-17(14-20(29)30)21(31)27(18)12-10-16-7-3-1-4-8-16/h1,3-4,7-8,17-18H,2,5-6,9-15H2,(H,26,28)(H,29,30)(H4,23,24,25)/t17-,18-/m0/s1. The summed E-state index contributed by atoms with van der Waals surface area (Å²) < 4.78 is 0. The molecule has 170 valence electrons. The smallest absolute Gasteiger partial charge is 0.304 e. The molecule has 2 amide bonds. The van der Waals surface area contributed by atoms with E-state index < -0.39 is 11.9 Å². The van der Waals surface area contributed by atoms with Crippen LogP contribution in [-0.2, 0) is 20.8 Å². The van der Waals surface area contributed by atoms with Crippen molar-refractivity contribution in [2.45, 2.75) is 51.0 Å². The van der Waals surface area contributed by atoms with Gasteiger partial charge in [0.2, 0.25) is 11.8 Å². The third kappa shape index (κ3) is 8.65. The van der Waals surface area contributed by atoms with Gasteiger partial charge in [-0.3, -0.25) is 19.4 Å². The summed E-state index contributed by atoms with van der Waals surface area (Å²) in [6.45, 7) is 1.39. The molecule has 1 heterocycles. The molecule has 0 radical (unpaired) electrons. The van der Waals surface area contributed by atoms with Crippen LogP contribution in [0.2, 0.25) is 0 Å². The van der Waals surface area contributed by atoms with Crippen LogP contribution in [0.3, 0.4) is 0 Å². The molecular weight excluding hydrogens is 398 g/mol. The van der Waals surface area contributed by atoms with Crippen molar-refractivity contribution in [3.8, 4) is 0 Å². The van der Waals surface area contributed by atoms with E-state index in [-0.39, 0.29) is 30.2 Å². The number of hydrogen-bond acceptors (Lipinski definition) is 4. The number of carboxylic acids is 1. The van der Waals surface area contributed by atoms with Crippen molar-refractivity contribution in [3.05, 3.63) is 35.9 Å². The number of carbonyl (C=O) groups is 3. The van der Waals surface area contributed by atoms with E-state index in [1.807, 2.05) is 30.3 Å². The van der Waals surface area contributed by atoms with Crippen LogP contribution in [0.25, 0.3) is 0 Å². The molecule has 0 bridgehead atoms. The Balaban J connectivity index is 1.82. The number of amides is 2. The van der Waals surface area contributed by atoms with Crippen molar-refractivity contribution >= 4 is 23.7 Å². The minimum atomic E-state index is -0.980. The molecular formula is C22H33N5O4. The Hall–Kier alpha value is -3.10. The van der Waals surface area contributed by atoms with E-state index in [1.54, 1.807) is 4.90 Å². The van der Waals surface area contributed by atoms with Crippen LogP contribution in [0.4, 0.5) is 0 Å². The summed E-state index contributed by atoms with van der Waals surface area (Å²) >= 11 is 0. The number of aliphatic carboxylic acids is 1. The first-order valence-corrected chi connectivity index (χ1v) is 10.7. The average Bonchev–Trinajstić information content (AvgIpc) is 3.02. The molecule has 0 aromatic heterocycles. The maximum atomic E-state index is 12.8. The number of nitrogens with zero attached hydrogens (tertiary/aromatic N) is 2. The largest absolute Gasteiger partial charge is 0.481 e. The maximum absolute atomic E-state index is 12.8. The highest BCUT2D eigenvalue weighted by Crippen LogP contribution is 2.27. The predicted molar refractivity (Wildman–Crippen MR) is 118 cm³/mol. The van der Waals surface area contributed by atoms with Crippen LogP contribution in [0.1, 0.15) is 44.1 Å². The molecule has 2 atom stereocenters. The minimum absolute atomic E-state index is 0.0704. The van der Waals surface area contributed by atoms with Gasteiger partial charge in [-0.1, -0.05) is 36.8 Å². The minimum Gasteiger partial charge on any atom is -0.481 e. The molecule has 1 aliphatic heterocycles. The first kappa shape index (κ1) is 24.2. The third-order valence-corrected chi connectivity index (χ3v) is 5.43. The molecule has 1 aromatic carbocycles. The van der Waals surface area contributed by atoms with E-state index in [4.69, 9.17) is 16.6 Å². The van der Waals surface area contributed by atoms with Crippen LogP contribution in [0, 0.1) is 5.92 Å². The Morgan fingerprint density at radius 3 is 2.58 bits per heavy atom. The molecule has 1 fully saturated rings. The molecule has 9 heteroatoms. The van der Waals surface area contributed by atoms with Gasteiger partial charge in [0.25, 0.3) is 0 Å². The van der Waals surface area contributed by atoms with E-state index >= 15 is 0 Å². The summed E-state index contributed by atoms with van der Waals surface area (Å²) in [6, 6.07) is 9.64. The molecule has 1 aromatic rings. The lowest BCUT2D eigenvalue weighted by Gasteiger charge is -2.25. The summed E-state index contributed by atoms with van der Waals surface area (Å²) in [5.74, 6) is -1.66. The highest BCUT2D eigenvalue weighted by atomic mass is 16.4. The van der Waals surface area contributed by atoms with Crippen molar-refractivity contribution in [1.29, 1.82) is 0 Å². The quantitative estimate of drug-likeness (QED) is 0.207. The topological polar surface area (TPSA) is 151 Å². The van der Waals surface area contributed by atoms with Crippen molar-refractivity contribution < 1.29 is 19.5 Å². The number of guanidine groups is 1. The second-order valence-corrected chi connectivity index (χ2v) is 7.87. The number of carbonyl (C=O) groups excluding carboxylic acids is 2. The van der Waals surface area contributed by atoms with Crippen molar-refractivity contribution in [3.63, 3.8) is 0 Å². The number of nitrogens with two attached hydrogens (primary N) is 2. The van der Waals surface area contributed by atoms with Crippen molar-refractivity contribution in [2.24, 2.45) is 22.4 Å². The van der Waals surface area contributed by atoms with Gasteiger partial charge in [0.05, 0.1) is 12.3 Å². The Morgan fingerprint density at radius 2 is 1.90 bits per heavy atom. The van der Waals surface area contributed by atoms with E-state index in [9.17, 15) is 14.4 Å². The van der Waals surface area contributed by atoms with Gasteiger partial charge >= 0.3 is 5.97 Å². The monoisotopic (exact) mass is 431 g/mol. The van der Waals surface area contributed by atoms with Gasteiger partial charge < -0.3 is 26.8 Å². The van der Waals surface area contributed by atoms with Gasteiger partial charge in [-0.2, -0.15) is 0 Å². The molecule has 1 saturated heterocycles. The van der Waals surface area contributed by atoms with Crippen LogP contribution in [-0.4, -0.2) is 59.4 Å². The Bertz CT molecular complexity index is 764. The van der Waals surface area contributed by atoms with Gasteiger partial charge in [0.15, 0.2) is 5.96 Å². The number of aliphatic imine (C=N–C) groups is 1. The van der Waals surface area contributed by atoms with Crippen molar-refractivity contribution in [1.82, 2.24) is 10.2 Å². The molecule has 31 heavy (non-hydrogen) atoms. The van der Waals surface area contributed by atoms with Crippen LogP contribution >= 0.6 is 0 Å². The zero-order valence-electron chi connectivity index (χ0n) is 17.8. The first-order valence-electron chi connectivity index (χ1n) is 10.7. The van der Waals surface area contributed by atoms with Gasteiger partial charge in [0.1, 0.15) is 0 Å². The molecule has 1 aliphatic rings. The van der Waals surface area contributed by atoms with Gasteiger partial charge in [-0.05, 0) is 31.2 Å². The fourth-order valence-corrected chi connectivity index (χ4v) is 3.84. The number of carboxylic acid groups (broad SMARTS) is 1. The number of benzene rings is 1. The SMILES string of the molecule is NC(N)=NCCCCCC(=O)NC[C@@H]1C[C@@H](CC(=O)O)C(=O)N1CCc1ccccc1. The second-order valence-electron chi connectivity index (χ2n) is 7.87. The van der Waals surface area contributed by atoms with Crippen LogP contribution < -0.4 is 16.8 Å². The Kier molecular flexibility index (Phi) is 9.80. The predicted octanol–water partition coefficient (Wildman–Crippen LogP) is 0.871. The zero-order chi connectivity index (χ0) is 22.6. The van der Waals surface area contributed by atoms with E-state index in [2.05, 4.69) is 10.3 Å². The van der Waals surface area contributed by atoms with Gasteiger partial charge in [0, 0.05) is 32.1 Å². The number of rotatable bonds is 13. The summed E-state index contributed by atoms with van der Waals surface area (Å²) in [5.41, 5.74) is 11.7. The van der Waals surface area contributed by atoms with Crippen LogP contribution in [0.5, 0.6) is 0 Å². The molecule has 0 spiro atoms. The van der Waals surface area contributed by atoms with Gasteiger partial charge in [-0.15, -0.1) is 0 Å². The van der Waals surface area contributed by atoms with E-state index in [0.29, 0.717) is 38.9 Å². The molecule has 6 N–H and O–H groups in total. The number of likely N-dealkylation sites (tertiary alicyclic amines) is 1. The summed E-state index contributed by atoms with van der Waals surface area (Å²) in [7, 11) is 0. The molecule has 0 aliphatic carbocycles. The lowest BCUT2D eigenvalue weighted by molar-refractivity contribution is -0.142. The maximum Gasteiger partial charge on any atom is 0.304 e. The molecule has 2 rings (SSSR count). The number of hydrogen-bond donors (Lipinski definition) is 4. The summed E-state index contributed by atoms with van der Waals surface area (Å²) in [5, 5.41) is 12.0. The molecule has 0 saturated carbocycles. The average molecular weight is 432 g/mol. The normalized spacial score (nSPS) is 18.1. The molecule has 0 unspecified atom stereocenters. The highest BCUT2D eigenvalue weighted by Gasteiger charge is 2.40. The van der Waals surface area contributed by atoms with Crippen molar-refractivity contribution in [2.75, 3.05) is 19.6 Å². The first-order chi connectivity index (χ1) is 14.9. The number of unbranched alkanes of at least 4 members (excludes halogenated alkanes) is 2. The number of nitrogens with one attached hydrogen (secondary N) is 1. The van der Waals surface area contributed by atoms with Crippen LogP contribution in [0.15, 0.2) is 35.3 Å². The zero-order valence-corrected chi connectivity index (χ0v) is 17.8.